The summed E-state index contributed by atoms with van der Waals surface area (Å²) in [4.78, 5) is 4.62. The van der Waals surface area contributed by atoms with Crippen LogP contribution < -0.4 is 11.1 Å². The predicted octanol–water partition coefficient (Wildman–Crippen LogP) is 2.56. The molecule has 0 saturated carbocycles. The zero-order chi connectivity index (χ0) is 15.9. The molecule has 7 heteroatoms. The Kier molecular flexibility index (Phi) is 9.66. The molecule has 0 saturated heterocycles. The largest absolute Gasteiger partial charge is 0.370 e. The molecule has 0 radical (unpaired) electrons. The maximum Gasteiger partial charge on any atom is 0.189 e. The Bertz CT molecular complexity index is 561. The SMILES string of the molecule is CCC(CS(=O)(=O)c1ccccc1)N=C(N)NC(C)CC.I. The van der Waals surface area contributed by atoms with Gasteiger partial charge in [-0.1, -0.05) is 32.0 Å². The number of hydrogen-bond donors (Lipinski definition) is 2. The summed E-state index contributed by atoms with van der Waals surface area (Å²) in [5, 5.41) is 3.05. The van der Waals surface area contributed by atoms with Crippen LogP contribution in [0.4, 0.5) is 0 Å². The zero-order valence-corrected chi connectivity index (χ0v) is 16.5. The molecule has 22 heavy (non-hydrogen) atoms. The summed E-state index contributed by atoms with van der Waals surface area (Å²) in [6, 6.07) is 8.32. The Morgan fingerprint density at radius 3 is 2.32 bits per heavy atom. The second kappa shape index (κ2) is 10.0. The smallest absolute Gasteiger partial charge is 0.189 e. The average Bonchev–Trinajstić information content (AvgIpc) is 2.47. The van der Waals surface area contributed by atoms with E-state index in [4.69, 9.17) is 5.73 Å². The summed E-state index contributed by atoms with van der Waals surface area (Å²) >= 11 is 0. The number of aliphatic imine (C=N–C) groups is 1. The van der Waals surface area contributed by atoms with Crippen molar-refractivity contribution in [3.8, 4) is 0 Å². The van der Waals surface area contributed by atoms with Crippen LogP contribution in [0, 0.1) is 0 Å². The molecule has 5 nitrogen and oxygen atoms in total. The van der Waals surface area contributed by atoms with Gasteiger partial charge in [0.2, 0.25) is 0 Å². The third kappa shape index (κ3) is 6.95. The predicted molar refractivity (Wildman–Crippen MR) is 102 cm³/mol. The monoisotopic (exact) mass is 439 g/mol. The van der Waals surface area contributed by atoms with Crippen LogP contribution in [0.5, 0.6) is 0 Å². The number of nitrogens with one attached hydrogen (secondary N) is 1. The van der Waals surface area contributed by atoms with E-state index in [-0.39, 0.29) is 41.8 Å². The molecule has 2 atom stereocenters. The van der Waals surface area contributed by atoms with Crippen LogP contribution in [0.25, 0.3) is 0 Å². The minimum atomic E-state index is -3.34. The van der Waals surface area contributed by atoms with E-state index in [2.05, 4.69) is 10.3 Å². The zero-order valence-electron chi connectivity index (χ0n) is 13.3. The van der Waals surface area contributed by atoms with E-state index in [0.29, 0.717) is 17.3 Å². The third-order valence-corrected chi connectivity index (χ3v) is 5.13. The lowest BCUT2D eigenvalue weighted by Crippen LogP contribution is -2.39. The summed E-state index contributed by atoms with van der Waals surface area (Å²) in [5.41, 5.74) is 5.83. The highest BCUT2D eigenvalue weighted by atomic mass is 127. The van der Waals surface area contributed by atoms with Gasteiger partial charge in [-0.2, -0.15) is 0 Å². The van der Waals surface area contributed by atoms with Crippen LogP contribution in [0.3, 0.4) is 0 Å². The molecule has 0 bridgehead atoms. The molecular formula is C15H26IN3O2S. The second-order valence-electron chi connectivity index (χ2n) is 5.12. The summed E-state index contributed by atoms with van der Waals surface area (Å²) in [6.45, 7) is 5.96. The minimum Gasteiger partial charge on any atom is -0.370 e. The number of sulfone groups is 1. The lowest BCUT2D eigenvalue weighted by atomic mass is 10.2. The summed E-state index contributed by atoms with van der Waals surface area (Å²) in [7, 11) is -3.34. The van der Waals surface area contributed by atoms with Crippen LogP contribution in [0.15, 0.2) is 40.2 Å². The fourth-order valence-corrected chi connectivity index (χ4v) is 3.39. The number of hydrogen-bond acceptors (Lipinski definition) is 3. The number of halogens is 1. The number of rotatable bonds is 7. The molecule has 0 amide bonds. The molecule has 126 valence electrons. The molecule has 0 aliphatic carbocycles. The summed E-state index contributed by atoms with van der Waals surface area (Å²) in [6.07, 6.45) is 1.55. The number of nitrogens with two attached hydrogens (primary N) is 1. The van der Waals surface area contributed by atoms with E-state index in [1.807, 2.05) is 20.8 Å². The maximum atomic E-state index is 12.3. The van der Waals surface area contributed by atoms with Crippen LogP contribution in [0.1, 0.15) is 33.6 Å². The van der Waals surface area contributed by atoms with Crippen molar-refractivity contribution >= 4 is 39.8 Å². The fraction of sp³-hybridized carbons (Fsp3) is 0.533. The molecule has 3 N–H and O–H groups in total. The van der Waals surface area contributed by atoms with Gasteiger partial charge in [0.25, 0.3) is 0 Å². The Balaban J connectivity index is 0.00000441. The van der Waals surface area contributed by atoms with Gasteiger partial charge in [-0.15, -0.1) is 24.0 Å². The van der Waals surface area contributed by atoms with Crippen LogP contribution in [-0.4, -0.2) is 32.2 Å². The van der Waals surface area contributed by atoms with Gasteiger partial charge in [0.1, 0.15) is 0 Å². The van der Waals surface area contributed by atoms with E-state index in [0.717, 1.165) is 6.42 Å². The first-order valence-corrected chi connectivity index (χ1v) is 8.91. The lowest BCUT2D eigenvalue weighted by molar-refractivity contribution is 0.582. The second-order valence-corrected chi connectivity index (χ2v) is 7.16. The Hall–Kier alpha value is -0.830. The topological polar surface area (TPSA) is 84.5 Å². The molecule has 0 fully saturated rings. The van der Waals surface area contributed by atoms with Gasteiger partial charge in [0.15, 0.2) is 15.8 Å². The van der Waals surface area contributed by atoms with Gasteiger partial charge in [-0.3, -0.25) is 0 Å². The van der Waals surface area contributed by atoms with Gasteiger partial charge < -0.3 is 11.1 Å². The van der Waals surface area contributed by atoms with E-state index in [1.165, 1.54) is 0 Å². The molecule has 0 aliphatic rings. The summed E-state index contributed by atoms with van der Waals surface area (Å²) in [5.74, 6) is 0.274. The van der Waals surface area contributed by atoms with Gasteiger partial charge in [0, 0.05) is 6.04 Å². The molecule has 2 unspecified atom stereocenters. The van der Waals surface area contributed by atoms with Gasteiger partial charge in [-0.05, 0) is 31.9 Å². The van der Waals surface area contributed by atoms with Crippen molar-refractivity contribution in [1.82, 2.24) is 5.32 Å². The van der Waals surface area contributed by atoms with Crippen molar-refractivity contribution in [1.29, 1.82) is 0 Å². The van der Waals surface area contributed by atoms with Gasteiger partial charge in [-0.25, -0.2) is 13.4 Å². The fourth-order valence-electron chi connectivity index (χ4n) is 1.81. The van der Waals surface area contributed by atoms with Gasteiger partial charge in [0.05, 0.1) is 16.7 Å². The molecule has 0 heterocycles. The Labute approximate surface area is 150 Å². The third-order valence-electron chi connectivity index (χ3n) is 3.31. The van der Waals surface area contributed by atoms with Crippen molar-refractivity contribution in [2.24, 2.45) is 10.7 Å². The van der Waals surface area contributed by atoms with Crippen LogP contribution >= 0.6 is 24.0 Å². The van der Waals surface area contributed by atoms with E-state index >= 15 is 0 Å². The van der Waals surface area contributed by atoms with Crippen LogP contribution in [0.2, 0.25) is 0 Å². The molecule has 0 aromatic heterocycles. The minimum absolute atomic E-state index is 0. The van der Waals surface area contributed by atoms with E-state index < -0.39 is 9.84 Å². The van der Waals surface area contributed by atoms with Gasteiger partial charge >= 0.3 is 0 Å². The Morgan fingerprint density at radius 2 is 1.82 bits per heavy atom. The molecule has 1 aromatic rings. The number of benzene rings is 1. The molecule has 1 aromatic carbocycles. The number of guanidine groups is 1. The van der Waals surface area contributed by atoms with Crippen molar-refractivity contribution < 1.29 is 8.42 Å². The van der Waals surface area contributed by atoms with Crippen LogP contribution in [-0.2, 0) is 9.84 Å². The van der Waals surface area contributed by atoms with Crippen molar-refractivity contribution in [2.45, 2.75) is 50.6 Å². The molecule has 1 rings (SSSR count). The quantitative estimate of drug-likeness (QED) is 0.389. The summed E-state index contributed by atoms with van der Waals surface area (Å²) < 4.78 is 24.7. The highest BCUT2D eigenvalue weighted by Gasteiger charge is 2.20. The molecule has 0 aliphatic heterocycles. The highest BCUT2D eigenvalue weighted by molar-refractivity contribution is 14.0. The Morgan fingerprint density at radius 1 is 1.23 bits per heavy atom. The van der Waals surface area contributed by atoms with E-state index in [1.54, 1.807) is 30.3 Å². The average molecular weight is 439 g/mol. The first-order valence-electron chi connectivity index (χ1n) is 7.26. The lowest BCUT2D eigenvalue weighted by Gasteiger charge is -2.15. The first-order chi connectivity index (χ1) is 9.89. The molecule has 0 spiro atoms. The van der Waals surface area contributed by atoms with Crippen molar-refractivity contribution in [2.75, 3.05) is 5.75 Å². The first kappa shape index (κ1) is 21.2. The molecular weight excluding hydrogens is 413 g/mol. The highest BCUT2D eigenvalue weighted by Crippen LogP contribution is 2.13. The standard InChI is InChI=1S/C15H25N3O2S.HI/c1-4-12(3)17-15(16)18-13(5-2)11-21(19,20)14-9-7-6-8-10-14;/h6-10,12-13H,4-5,11H2,1-3H3,(H3,16,17,18);1H. The van der Waals surface area contributed by atoms with Crippen molar-refractivity contribution in [3.05, 3.63) is 30.3 Å². The van der Waals surface area contributed by atoms with Crippen molar-refractivity contribution in [3.63, 3.8) is 0 Å². The normalized spacial score (nSPS) is 14.8. The van der Waals surface area contributed by atoms with E-state index in [9.17, 15) is 8.42 Å². The number of nitrogens with zero attached hydrogens (tertiary/aromatic N) is 1. The maximum absolute atomic E-state index is 12.3.